The van der Waals surface area contributed by atoms with Crippen molar-refractivity contribution < 1.29 is 59.2 Å². The number of carbonyl (C=O) groups excluding carboxylic acids is 3. The molecule has 0 bridgehead atoms. The largest absolute Gasteiger partial charge is 0.504 e. The average molecular weight is 530 g/mol. The zero-order valence-electron chi connectivity index (χ0n) is 20.1. The minimum Gasteiger partial charge on any atom is -0.504 e. The molecule has 1 aliphatic rings. The van der Waals surface area contributed by atoms with Crippen molar-refractivity contribution in [1.82, 2.24) is 0 Å². The lowest BCUT2D eigenvalue weighted by atomic mass is 9.79. The number of carbonyl (C=O) groups is 3. The molecular weight excluding hydrogens is 504 g/mol. The third-order valence-corrected chi connectivity index (χ3v) is 5.74. The highest BCUT2D eigenvalue weighted by atomic mass is 16.6. The van der Waals surface area contributed by atoms with E-state index in [1.54, 1.807) is 0 Å². The van der Waals surface area contributed by atoms with Crippen LogP contribution in [-0.4, -0.2) is 79.6 Å². The van der Waals surface area contributed by atoms with Gasteiger partial charge in [0.1, 0.15) is 6.10 Å². The molecular formula is C26H26O12. The maximum absolute atomic E-state index is 12.5. The Morgan fingerprint density at radius 2 is 1.32 bits per heavy atom. The maximum Gasteiger partial charge on any atom is 0.338 e. The summed E-state index contributed by atoms with van der Waals surface area (Å²) >= 11 is 0. The molecule has 0 saturated heterocycles. The highest BCUT2D eigenvalue weighted by Gasteiger charge is 2.52. The van der Waals surface area contributed by atoms with Crippen LogP contribution in [0.4, 0.5) is 0 Å². The number of rotatable bonds is 7. The van der Waals surface area contributed by atoms with Gasteiger partial charge in [0.15, 0.2) is 34.7 Å². The average Bonchev–Trinajstić information content (AvgIpc) is 2.87. The summed E-state index contributed by atoms with van der Waals surface area (Å²) in [5.74, 6) is -4.57. The fourth-order valence-corrected chi connectivity index (χ4v) is 3.84. The summed E-state index contributed by atoms with van der Waals surface area (Å²) in [5, 5.41) is 59.2. The molecule has 0 aromatic heterocycles. The van der Waals surface area contributed by atoms with Crippen LogP contribution in [0.15, 0.2) is 48.6 Å². The number of hydrogen-bond donors (Lipinski definition) is 6. The standard InChI is InChI=1S/C26H26O12/c1-36-25(34)26(35)12-20(31)24(38-23(33)9-5-15-3-7-17(28)19(30)11-15)21(13-26)37-22(32)8-4-14-2-6-16(27)18(29)10-14/h2-11,20-21,24,27-31,35H,12-13H2,1H3/t20-,21-,24+,26-/m0/s1. The first-order chi connectivity index (χ1) is 17.9. The van der Waals surface area contributed by atoms with Crippen LogP contribution in [0.5, 0.6) is 23.0 Å². The van der Waals surface area contributed by atoms with E-state index in [9.17, 15) is 45.0 Å². The van der Waals surface area contributed by atoms with E-state index in [-0.39, 0.29) is 11.5 Å². The number of hydrogen-bond acceptors (Lipinski definition) is 12. The fraction of sp³-hybridized carbons (Fsp3) is 0.269. The van der Waals surface area contributed by atoms with Crippen molar-refractivity contribution in [3.8, 4) is 23.0 Å². The number of aromatic hydroxyl groups is 4. The van der Waals surface area contributed by atoms with Gasteiger partial charge in [0, 0.05) is 25.0 Å². The highest BCUT2D eigenvalue weighted by Crippen LogP contribution is 2.34. The second-order valence-electron chi connectivity index (χ2n) is 8.54. The van der Waals surface area contributed by atoms with Gasteiger partial charge in [0.2, 0.25) is 0 Å². The molecule has 1 aliphatic carbocycles. The Hall–Kier alpha value is -4.55. The Balaban J connectivity index is 1.77. The molecule has 12 nitrogen and oxygen atoms in total. The summed E-state index contributed by atoms with van der Waals surface area (Å²) in [5.41, 5.74) is -1.55. The van der Waals surface area contributed by atoms with Gasteiger partial charge in [-0.3, -0.25) is 0 Å². The summed E-state index contributed by atoms with van der Waals surface area (Å²) in [4.78, 5) is 37.1. The minimum absolute atomic E-state index is 0.334. The Morgan fingerprint density at radius 3 is 1.79 bits per heavy atom. The summed E-state index contributed by atoms with van der Waals surface area (Å²) in [6.45, 7) is 0. The molecule has 202 valence electrons. The van der Waals surface area contributed by atoms with Gasteiger partial charge in [-0.25, -0.2) is 14.4 Å². The molecule has 1 saturated carbocycles. The van der Waals surface area contributed by atoms with Crippen molar-refractivity contribution in [3.63, 3.8) is 0 Å². The number of esters is 3. The van der Waals surface area contributed by atoms with Gasteiger partial charge in [-0.1, -0.05) is 12.1 Å². The van der Waals surface area contributed by atoms with E-state index in [0.29, 0.717) is 11.1 Å². The first-order valence-electron chi connectivity index (χ1n) is 11.2. The molecule has 0 aliphatic heterocycles. The lowest BCUT2D eigenvalue weighted by Crippen LogP contribution is -2.58. The number of ether oxygens (including phenoxy) is 3. The molecule has 0 heterocycles. The Labute approximate surface area is 216 Å². The number of phenolic OH excluding ortho intramolecular Hbond substituents is 4. The van der Waals surface area contributed by atoms with Gasteiger partial charge in [0.05, 0.1) is 13.2 Å². The number of aliphatic hydroxyl groups is 2. The van der Waals surface area contributed by atoms with Crippen LogP contribution in [0.2, 0.25) is 0 Å². The molecule has 3 rings (SSSR count). The molecule has 1 fully saturated rings. The third-order valence-electron chi connectivity index (χ3n) is 5.74. The zero-order valence-corrected chi connectivity index (χ0v) is 20.1. The fourth-order valence-electron chi connectivity index (χ4n) is 3.84. The molecule has 0 amide bonds. The molecule has 6 N–H and O–H groups in total. The topological polar surface area (TPSA) is 200 Å². The van der Waals surface area contributed by atoms with E-state index >= 15 is 0 Å². The predicted octanol–water partition coefficient (Wildman–Crippen LogP) is 1.12. The van der Waals surface area contributed by atoms with E-state index in [1.807, 2.05) is 0 Å². The van der Waals surface area contributed by atoms with Gasteiger partial charge in [0.25, 0.3) is 0 Å². The van der Waals surface area contributed by atoms with Crippen LogP contribution >= 0.6 is 0 Å². The first kappa shape index (κ1) is 28.0. The van der Waals surface area contributed by atoms with E-state index in [2.05, 4.69) is 4.74 Å². The first-order valence-corrected chi connectivity index (χ1v) is 11.2. The number of methoxy groups -OCH3 is 1. The van der Waals surface area contributed by atoms with Crippen molar-refractivity contribution in [2.24, 2.45) is 0 Å². The molecule has 4 atom stereocenters. The van der Waals surface area contributed by atoms with Crippen molar-refractivity contribution in [2.45, 2.75) is 36.8 Å². The Bertz CT molecular complexity index is 1270. The second kappa shape index (κ2) is 11.7. The summed E-state index contributed by atoms with van der Waals surface area (Å²) in [7, 11) is 1.03. The van der Waals surface area contributed by atoms with Crippen molar-refractivity contribution in [3.05, 3.63) is 59.7 Å². The monoisotopic (exact) mass is 530 g/mol. The van der Waals surface area contributed by atoms with Crippen LogP contribution in [-0.2, 0) is 28.6 Å². The number of phenols is 4. The van der Waals surface area contributed by atoms with Crippen molar-refractivity contribution in [1.29, 1.82) is 0 Å². The van der Waals surface area contributed by atoms with Crippen LogP contribution in [0, 0.1) is 0 Å². The van der Waals surface area contributed by atoms with E-state index < -0.39 is 66.2 Å². The smallest absolute Gasteiger partial charge is 0.338 e. The van der Waals surface area contributed by atoms with Crippen molar-refractivity contribution in [2.75, 3.05) is 7.11 Å². The lowest BCUT2D eigenvalue weighted by molar-refractivity contribution is -0.206. The van der Waals surface area contributed by atoms with E-state index in [0.717, 1.165) is 19.3 Å². The third kappa shape index (κ3) is 6.81. The number of aliphatic hydroxyl groups excluding tert-OH is 1. The summed E-state index contributed by atoms with van der Waals surface area (Å²) < 4.78 is 15.2. The van der Waals surface area contributed by atoms with Crippen LogP contribution in [0.3, 0.4) is 0 Å². The molecule has 0 unspecified atom stereocenters. The van der Waals surface area contributed by atoms with Crippen LogP contribution in [0.1, 0.15) is 24.0 Å². The summed E-state index contributed by atoms with van der Waals surface area (Å²) in [6, 6.07) is 7.61. The predicted molar refractivity (Wildman–Crippen MR) is 130 cm³/mol. The van der Waals surface area contributed by atoms with E-state index in [4.69, 9.17) is 9.47 Å². The van der Waals surface area contributed by atoms with Gasteiger partial charge in [-0.05, 0) is 47.5 Å². The lowest BCUT2D eigenvalue weighted by Gasteiger charge is -2.41. The molecule has 2 aromatic rings. The molecule has 12 heteroatoms. The van der Waals surface area contributed by atoms with Gasteiger partial charge < -0.3 is 44.8 Å². The SMILES string of the molecule is COC(=O)[C@@]1(O)C[C@H](OC(=O)C=Cc2ccc(O)c(O)c2)[C@H](OC(=O)C=Cc2ccc(O)c(O)c2)[C@@H](O)C1. The van der Waals surface area contributed by atoms with Gasteiger partial charge >= 0.3 is 17.9 Å². The molecule has 0 spiro atoms. The second-order valence-corrected chi connectivity index (χ2v) is 8.54. The quantitative estimate of drug-likeness (QED) is 0.129. The maximum atomic E-state index is 12.5. The van der Waals surface area contributed by atoms with Crippen LogP contribution in [0.25, 0.3) is 12.2 Å². The highest BCUT2D eigenvalue weighted by molar-refractivity contribution is 5.88. The normalized spacial score (nSPS) is 23.3. The minimum atomic E-state index is -2.23. The van der Waals surface area contributed by atoms with Gasteiger partial charge in [-0.15, -0.1) is 0 Å². The molecule has 0 radical (unpaired) electrons. The van der Waals surface area contributed by atoms with E-state index in [1.165, 1.54) is 48.6 Å². The van der Waals surface area contributed by atoms with Crippen molar-refractivity contribution >= 4 is 30.1 Å². The summed E-state index contributed by atoms with van der Waals surface area (Å²) in [6.07, 6.45) is -1.24. The van der Waals surface area contributed by atoms with Gasteiger partial charge in [-0.2, -0.15) is 0 Å². The molecule has 2 aromatic carbocycles. The Morgan fingerprint density at radius 1 is 0.816 bits per heavy atom. The molecule has 38 heavy (non-hydrogen) atoms. The zero-order chi connectivity index (χ0) is 28.0. The van der Waals surface area contributed by atoms with Crippen LogP contribution < -0.4 is 0 Å². The number of benzene rings is 2. The Kier molecular flexibility index (Phi) is 8.61.